The fourth-order valence-electron chi connectivity index (χ4n) is 2.36. The number of carbonyl (C=O) groups excluding carboxylic acids is 1. The Hall–Kier alpha value is -1.39. The summed E-state index contributed by atoms with van der Waals surface area (Å²) in [5.74, 6) is 0.250. The van der Waals surface area contributed by atoms with Crippen LogP contribution in [0.4, 0.5) is 0 Å². The van der Waals surface area contributed by atoms with E-state index >= 15 is 0 Å². The molecule has 1 fully saturated rings. The number of thiophene rings is 1. The van der Waals surface area contributed by atoms with Gasteiger partial charge in [-0.25, -0.2) is 0 Å². The number of piperazine rings is 1. The van der Waals surface area contributed by atoms with Gasteiger partial charge in [0.15, 0.2) is 0 Å². The summed E-state index contributed by atoms with van der Waals surface area (Å²) in [7, 11) is 0. The summed E-state index contributed by atoms with van der Waals surface area (Å²) in [6.45, 7) is 3.49. The van der Waals surface area contributed by atoms with E-state index < -0.39 is 0 Å². The molecule has 0 atom stereocenters. The van der Waals surface area contributed by atoms with Gasteiger partial charge in [-0.05, 0) is 22.4 Å². The molecular formula is C14H16N2OS. The molecule has 94 valence electrons. The minimum atomic E-state index is 0.250. The van der Waals surface area contributed by atoms with E-state index in [-0.39, 0.29) is 5.91 Å². The molecule has 0 unspecified atom stereocenters. The number of nitrogens with one attached hydrogen (secondary N) is 1. The minimum Gasteiger partial charge on any atom is -0.340 e. The molecule has 4 heteroatoms. The highest BCUT2D eigenvalue weighted by Gasteiger charge is 2.17. The molecule has 18 heavy (non-hydrogen) atoms. The standard InChI is InChI=1S/C14H16N2OS/c17-14(16-7-5-15-6-8-16)9-11-10-18-13-4-2-1-3-12(11)13/h1-4,10,15H,5-9H2. The van der Waals surface area contributed by atoms with Crippen molar-refractivity contribution in [1.29, 1.82) is 0 Å². The van der Waals surface area contributed by atoms with Crippen molar-refractivity contribution in [3.8, 4) is 0 Å². The quantitative estimate of drug-likeness (QED) is 0.894. The van der Waals surface area contributed by atoms with E-state index in [0.29, 0.717) is 6.42 Å². The van der Waals surface area contributed by atoms with Crippen molar-refractivity contribution in [2.45, 2.75) is 6.42 Å². The van der Waals surface area contributed by atoms with Crippen molar-refractivity contribution in [2.24, 2.45) is 0 Å². The van der Waals surface area contributed by atoms with E-state index in [1.54, 1.807) is 11.3 Å². The van der Waals surface area contributed by atoms with Crippen LogP contribution in [-0.2, 0) is 11.2 Å². The molecule has 0 radical (unpaired) electrons. The topological polar surface area (TPSA) is 32.3 Å². The molecule has 3 nitrogen and oxygen atoms in total. The van der Waals surface area contributed by atoms with E-state index in [0.717, 1.165) is 26.2 Å². The van der Waals surface area contributed by atoms with Crippen molar-refractivity contribution in [1.82, 2.24) is 10.2 Å². The second-order valence-electron chi connectivity index (χ2n) is 4.56. The van der Waals surface area contributed by atoms with Gasteiger partial charge in [-0.15, -0.1) is 11.3 Å². The maximum Gasteiger partial charge on any atom is 0.227 e. The number of hydrogen-bond acceptors (Lipinski definition) is 3. The monoisotopic (exact) mass is 260 g/mol. The van der Waals surface area contributed by atoms with Crippen molar-refractivity contribution in [2.75, 3.05) is 26.2 Å². The lowest BCUT2D eigenvalue weighted by atomic mass is 10.1. The first-order valence-corrected chi connectivity index (χ1v) is 7.16. The Kier molecular flexibility index (Phi) is 3.30. The van der Waals surface area contributed by atoms with Gasteiger partial charge >= 0.3 is 0 Å². The number of hydrogen-bond donors (Lipinski definition) is 1. The smallest absolute Gasteiger partial charge is 0.227 e. The number of amides is 1. The number of benzene rings is 1. The molecule has 0 saturated carbocycles. The molecule has 1 aromatic heterocycles. The van der Waals surface area contributed by atoms with Crippen LogP contribution >= 0.6 is 11.3 Å². The van der Waals surface area contributed by atoms with Crippen molar-refractivity contribution < 1.29 is 4.79 Å². The van der Waals surface area contributed by atoms with Crippen LogP contribution in [-0.4, -0.2) is 37.0 Å². The maximum absolute atomic E-state index is 12.2. The van der Waals surface area contributed by atoms with E-state index in [4.69, 9.17) is 0 Å². The lowest BCUT2D eigenvalue weighted by Crippen LogP contribution is -2.46. The minimum absolute atomic E-state index is 0.250. The number of nitrogens with zero attached hydrogens (tertiary/aromatic N) is 1. The Labute approximate surface area is 110 Å². The molecule has 1 aliphatic heterocycles. The molecule has 0 bridgehead atoms. The summed E-state index contributed by atoms with van der Waals surface area (Å²) in [5, 5.41) is 6.61. The number of fused-ring (bicyclic) bond motifs is 1. The molecule has 1 aromatic carbocycles. The zero-order valence-corrected chi connectivity index (χ0v) is 11.0. The van der Waals surface area contributed by atoms with Crippen LogP contribution in [0.5, 0.6) is 0 Å². The third kappa shape index (κ3) is 2.26. The molecule has 0 aliphatic carbocycles. The average molecular weight is 260 g/mol. The lowest BCUT2D eigenvalue weighted by Gasteiger charge is -2.27. The molecule has 1 amide bonds. The van der Waals surface area contributed by atoms with Crippen molar-refractivity contribution in [3.05, 3.63) is 35.2 Å². The zero-order chi connectivity index (χ0) is 12.4. The van der Waals surface area contributed by atoms with E-state index in [1.165, 1.54) is 15.6 Å². The lowest BCUT2D eigenvalue weighted by molar-refractivity contribution is -0.131. The van der Waals surface area contributed by atoms with Gasteiger partial charge < -0.3 is 10.2 Å². The Bertz CT molecular complexity index is 558. The first-order valence-electron chi connectivity index (χ1n) is 6.28. The largest absolute Gasteiger partial charge is 0.340 e. The Morgan fingerprint density at radius 3 is 2.89 bits per heavy atom. The maximum atomic E-state index is 12.2. The summed E-state index contributed by atoms with van der Waals surface area (Å²) in [6, 6.07) is 8.29. The molecule has 1 saturated heterocycles. The van der Waals surface area contributed by atoms with Gasteiger partial charge in [0.1, 0.15) is 0 Å². The fraction of sp³-hybridized carbons (Fsp3) is 0.357. The van der Waals surface area contributed by atoms with Gasteiger partial charge in [-0.1, -0.05) is 18.2 Å². The predicted molar refractivity (Wildman–Crippen MR) is 75.0 cm³/mol. The first-order chi connectivity index (χ1) is 8.84. The first kappa shape index (κ1) is 11.7. The van der Waals surface area contributed by atoms with Crippen LogP contribution < -0.4 is 5.32 Å². The van der Waals surface area contributed by atoms with Gasteiger partial charge in [0.05, 0.1) is 6.42 Å². The zero-order valence-electron chi connectivity index (χ0n) is 10.2. The highest BCUT2D eigenvalue weighted by molar-refractivity contribution is 7.17. The Morgan fingerprint density at radius 1 is 1.28 bits per heavy atom. The highest BCUT2D eigenvalue weighted by atomic mass is 32.1. The summed E-state index contributed by atoms with van der Waals surface area (Å²) in [5.41, 5.74) is 1.17. The molecule has 1 aliphatic rings. The van der Waals surface area contributed by atoms with Crippen LogP contribution in [0, 0.1) is 0 Å². The second-order valence-corrected chi connectivity index (χ2v) is 5.48. The average Bonchev–Trinajstić information content (AvgIpc) is 2.83. The molecule has 2 aromatic rings. The normalized spacial score (nSPS) is 16.1. The van der Waals surface area contributed by atoms with Crippen LogP contribution in [0.3, 0.4) is 0 Å². The molecular weight excluding hydrogens is 244 g/mol. The Morgan fingerprint density at radius 2 is 2.06 bits per heavy atom. The van der Waals surface area contributed by atoms with Gasteiger partial charge in [0.2, 0.25) is 5.91 Å². The molecule has 0 spiro atoms. The van der Waals surface area contributed by atoms with Gasteiger partial charge in [0, 0.05) is 30.9 Å². The second kappa shape index (κ2) is 5.08. The summed E-state index contributed by atoms with van der Waals surface area (Å²) in [6.07, 6.45) is 0.532. The van der Waals surface area contributed by atoms with E-state index in [1.807, 2.05) is 17.0 Å². The SMILES string of the molecule is O=C(Cc1csc2ccccc12)N1CCNCC1. The van der Waals surface area contributed by atoms with Crippen LogP contribution in [0.25, 0.3) is 10.1 Å². The van der Waals surface area contributed by atoms with Crippen molar-refractivity contribution in [3.63, 3.8) is 0 Å². The highest BCUT2D eigenvalue weighted by Crippen LogP contribution is 2.26. The summed E-state index contributed by atoms with van der Waals surface area (Å²) < 4.78 is 1.26. The van der Waals surface area contributed by atoms with Crippen molar-refractivity contribution >= 4 is 27.3 Å². The van der Waals surface area contributed by atoms with E-state index in [9.17, 15) is 4.79 Å². The van der Waals surface area contributed by atoms with E-state index in [2.05, 4.69) is 22.8 Å². The van der Waals surface area contributed by atoms with Crippen LogP contribution in [0.15, 0.2) is 29.6 Å². The van der Waals surface area contributed by atoms with Gasteiger partial charge in [-0.2, -0.15) is 0 Å². The third-order valence-corrected chi connectivity index (χ3v) is 4.38. The Balaban J connectivity index is 1.77. The molecule has 2 heterocycles. The summed E-state index contributed by atoms with van der Waals surface area (Å²) in [4.78, 5) is 14.2. The molecule has 3 rings (SSSR count). The van der Waals surface area contributed by atoms with Gasteiger partial charge in [-0.3, -0.25) is 4.79 Å². The van der Waals surface area contributed by atoms with Gasteiger partial charge in [0.25, 0.3) is 0 Å². The van der Waals surface area contributed by atoms with Crippen LogP contribution in [0.2, 0.25) is 0 Å². The predicted octanol–water partition coefficient (Wildman–Crippen LogP) is 1.88. The fourth-order valence-corrected chi connectivity index (χ4v) is 3.32. The van der Waals surface area contributed by atoms with Crippen LogP contribution in [0.1, 0.15) is 5.56 Å². The number of rotatable bonds is 2. The molecule has 1 N–H and O–H groups in total. The third-order valence-electron chi connectivity index (χ3n) is 3.37. The summed E-state index contributed by atoms with van der Waals surface area (Å²) >= 11 is 1.72. The number of carbonyl (C=O) groups is 1.